The Morgan fingerprint density at radius 2 is 1.59 bits per heavy atom. The number of hydrogen-bond donors (Lipinski definition) is 0. The highest BCUT2D eigenvalue weighted by atomic mass is 15.0. The largest absolute Gasteiger partial charge is 0.292 e. The molecule has 2 nitrogen and oxygen atoms in total. The summed E-state index contributed by atoms with van der Waals surface area (Å²) in [6.07, 6.45) is 1.04. The van der Waals surface area contributed by atoms with E-state index in [4.69, 9.17) is 4.98 Å². The number of nitrogens with zero attached hydrogens (tertiary/aromatic N) is 2. The van der Waals surface area contributed by atoms with Crippen molar-refractivity contribution in [3.05, 3.63) is 84.4 Å². The van der Waals surface area contributed by atoms with Crippen molar-refractivity contribution in [3.63, 3.8) is 0 Å². The van der Waals surface area contributed by atoms with Crippen molar-refractivity contribution in [2.24, 2.45) is 0 Å². The number of fused-ring (bicyclic) bond motifs is 10. The third-order valence-electron chi connectivity index (χ3n) is 5.71. The summed E-state index contributed by atoms with van der Waals surface area (Å²) in [4.78, 5) is 5.05. The van der Waals surface area contributed by atoms with Crippen molar-refractivity contribution in [3.8, 4) is 0 Å². The van der Waals surface area contributed by atoms with E-state index in [1.54, 1.807) is 0 Å². The minimum atomic E-state index is 1.04. The number of aryl methyl sites for hydroxylation is 1. The van der Waals surface area contributed by atoms with Gasteiger partial charge in [-0.1, -0.05) is 61.5 Å². The molecule has 0 atom stereocenters. The van der Waals surface area contributed by atoms with Crippen LogP contribution in [0.25, 0.3) is 49.1 Å². The molecule has 27 heavy (non-hydrogen) atoms. The lowest BCUT2D eigenvalue weighted by Gasteiger charge is -2.12. The second-order valence-corrected chi connectivity index (χ2v) is 7.17. The highest BCUT2D eigenvalue weighted by molar-refractivity contribution is 6.23. The normalized spacial score (nSPS) is 12.0. The van der Waals surface area contributed by atoms with Crippen LogP contribution in [-0.4, -0.2) is 9.38 Å². The van der Waals surface area contributed by atoms with Crippen LogP contribution in [0, 0.1) is 0 Å². The Balaban J connectivity index is 2.02. The molecule has 0 fully saturated rings. The van der Waals surface area contributed by atoms with Crippen molar-refractivity contribution >= 4 is 49.1 Å². The topological polar surface area (TPSA) is 17.3 Å². The molecule has 0 N–H and O–H groups in total. The first-order valence-electron chi connectivity index (χ1n) is 9.48. The molecule has 0 radical (unpaired) electrons. The summed E-state index contributed by atoms with van der Waals surface area (Å²) in [7, 11) is 0. The molecule has 2 aromatic heterocycles. The molecular formula is C25H18N2. The molecule has 0 saturated heterocycles. The van der Waals surface area contributed by atoms with E-state index in [1.807, 2.05) is 0 Å². The molecule has 0 saturated carbocycles. The number of hydrogen-bond acceptors (Lipinski definition) is 1. The molecule has 2 heteroatoms. The van der Waals surface area contributed by atoms with Crippen LogP contribution in [0.1, 0.15) is 12.5 Å². The molecular weight excluding hydrogens is 328 g/mol. The molecule has 0 unspecified atom stereocenters. The number of aromatic nitrogens is 2. The van der Waals surface area contributed by atoms with E-state index in [9.17, 15) is 0 Å². The van der Waals surface area contributed by atoms with Crippen LogP contribution >= 0.6 is 0 Å². The monoisotopic (exact) mass is 346 g/mol. The highest BCUT2D eigenvalue weighted by Gasteiger charge is 2.15. The predicted molar refractivity (Wildman–Crippen MR) is 115 cm³/mol. The van der Waals surface area contributed by atoms with E-state index in [2.05, 4.69) is 90.2 Å². The molecule has 4 aromatic carbocycles. The van der Waals surface area contributed by atoms with Gasteiger partial charge in [0, 0.05) is 10.8 Å². The Morgan fingerprint density at radius 3 is 2.52 bits per heavy atom. The van der Waals surface area contributed by atoms with Crippen molar-refractivity contribution in [2.45, 2.75) is 13.3 Å². The lowest BCUT2D eigenvalue weighted by Crippen LogP contribution is -1.93. The fourth-order valence-electron chi connectivity index (χ4n) is 4.39. The molecule has 2 heterocycles. The molecule has 0 amide bonds. The van der Waals surface area contributed by atoms with Crippen molar-refractivity contribution in [1.29, 1.82) is 0 Å². The Bertz CT molecular complexity index is 1510. The van der Waals surface area contributed by atoms with Crippen LogP contribution < -0.4 is 0 Å². The average Bonchev–Trinajstić information content (AvgIpc) is 3.12. The van der Waals surface area contributed by atoms with Gasteiger partial charge in [0.05, 0.1) is 16.6 Å². The maximum atomic E-state index is 5.05. The standard InChI is InChI=1S/C25H18N2/c1-2-16-11-14-22-20(15-16)19-13-12-17-7-3-4-8-18(17)24(19)25-26-21-9-5-6-10-23(21)27(22)25/h3-15H,2H2,1H3. The van der Waals surface area contributed by atoms with Gasteiger partial charge in [-0.2, -0.15) is 0 Å². The van der Waals surface area contributed by atoms with Gasteiger partial charge in [-0.15, -0.1) is 0 Å². The lowest BCUT2D eigenvalue weighted by molar-refractivity contribution is 1.14. The first-order chi connectivity index (χ1) is 13.3. The molecule has 0 aliphatic rings. The molecule has 128 valence electrons. The summed E-state index contributed by atoms with van der Waals surface area (Å²) in [5.74, 6) is 0. The maximum Gasteiger partial charge on any atom is 0.147 e. The lowest BCUT2D eigenvalue weighted by atomic mass is 9.98. The van der Waals surface area contributed by atoms with E-state index in [0.717, 1.165) is 23.1 Å². The molecule has 0 aliphatic carbocycles. The van der Waals surface area contributed by atoms with Gasteiger partial charge < -0.3 is 0 Å². The third-order valence-corrected chi connectivity index (χ3v) is 5.71. The van der Waals surface area contributed by atoms with E-state index >= 15 is 0 Å². The van der Waals surface area contributed by atoms with Crippen LogP contribution in [0.3, 0.4) is 0 Å². The predicted octanol–water partition coefficient (Wildman–Crippen LogP) is 6.51. The van der Waals surface area contributed by atoms with Gasteiger partial charge in [0.1, 0.15) is 5.65 Å². The van der Waals surface area contributed by atoms with Crippen molar-refractivity contribution < 1.29 is 0 Å². The number of para-hydroxylation sites is 2. The molecule has 0 bridgehead atoms. The number of rotatable bonds is 1. The van der Waals surface area contributed by atoms with Gasteiger partial charge in [0.25, 0.3) is 0 Å². The SMILES string of the molecule is CCc1ccc2c(c1)c1ccc3ccccc3c1c1nc3ccccc3n21. The number of benzene rings is 4. The van der Waals surface area contributed by atoms with Gasteiger partial charge >= 0.3 is 0 Å². The second-order valence-electron chi connectivity index (χ2n) is 7.17. The third kappa shape index (κ3) is 1.93. The van der Waals surface area contributed by atoms with Gasteiger partial charge in [-0.3, -0.25) is 4.40 Å². The van der Waals surface area contributed by atoms with Gasteiger partial charge in [-0.05, 0) is 52.4 Å². The first-order valence-corrected chi connectivity index (χ1v) is 9.48. The van der Waals surface area contributed by atoms with Crippen LogP contribution in [0.2, 0.25) is 0 Å². The molecule has 6 aromatic rings. The van der Waals surface area contributed by atoms with E-state index < -0.39 is 0 Å². The van der Waals surface area contributed by atoms with E-state index in [-0.39, 0.29) is 0 Å². The summed E-state index contributed by atoms with van der Waals surface area (Å²) >= 11 is 0. The van der Waals surface area contributed by atoms with Crippen molar-refractivity contribution in [1.82, 2.24) is 9.38 Å². The zero-order chi connectivity index (χ0) is 18.0. The fourth-order valence-corrected chi connectivity index (χ4v) is 4.39. The maximum absolute atomic E-state index is 5.05. The van der Waals surface area contributed by atoms with Gasteiger partial charge in [0.15, 0.2) is 0 Å². The molecule has 0 aliphatic heterocycles. The minimum Gasteiger partial charge on any atom is -0.292 e. The quantitative estimate of drug-likeness (QED) is 0.310. The van der Waals surface area contributed by atoms with E-state index in [1.165, 1.54) is 38.0 Å². The van der Waals surface area contributed by atoms with Gasteiger partial charge in [0.2, 0.25) is 0 Å². The zero-order valence-electron chi connectivity index (χ0n) is 15.1. The van der Waals surface area contributed by atoms with Crippen LogP contribution in [0.4, 0.5) is 0 Å². The fraction of sp³-hybridized carbons (Fsp3) is 0.0800. The smallest absolute Gasteiger partial charge is 0.147 e. The Hall–Kier alpha value is -3.39. The van der Waals surface area contributed by atoms with Gasteiger partial charge in [-0.25, -0.2) is 4.98 Å². The van der Waals surface area contributed by atoms with Crippen LogP contribution in [0.5, 0.6) is 0 Å². The average molecular weight is 346 g/mol. The molecule has 0 spiro atoms. The second kappa shape index (κ2) is 5.31. The molecule has 6 rings (SSSR count). The van der Waals surface area contributed by atoms with E-state index in [0.29, 0.717) is 0 Å². The Kier molecular flexibility index (Phi) is 2.90. The Morgan fingerprint density at radius 1 is 0.741 bits per heavy atom. The minimum absolute atomic E-state index is 1.04. The summed E-state index contributed by atoms with van der Waals surface area (Å²) in [6.45, 7) is 2.21. The summed E-state index contributed by atoms with van der Waals surface area (Å²) in [5.41, 5.74) is 5.83. The first kappa shape index (κ1) is 14.7. The summed E-state index contributed by atoms with van der Waals surface area (Å²) in [5, 5.41) is 6.33. The van der Waals surface area contributed by atoms with Crippen LogP contribution in [-0.2, 0) is 6.42 Å². The summed E-state index contributed by atoms with van der Waals surface area (Å²) in [6, 6.07) is 28.4. The number of imidazole rings is 1. The van der Waals surface area contributed by atoms with Crippen LogP contribution in [0.15, 0.2) is 78.9 Å². The summed E-state index contributed by atoms with van der Waals surface area (Å²) < 4.78 is 2.33. The number of pyridine rings is 1. The Labute approximate surface area is 156 Å². The van der Waals surface area contributed by atoms with Crippen molar-refractivity contribution in [2.75, 3.05) is 0 Å². The highest BCUT2D eigenvalue weighted by Crippen LogP contribution is 2.36. The zero-order valence-corrected chi connectivity index (χ0v) is 15.1.